The summed E-state index contributed by atoms with van der Waals surface area (Å²) in [6.45, 7) is 0.774. The van der Waals surface area contributed by atoms with Crippen molar-refractivity contribution in [3.05, 3.63) is 53.3 Å². The molecule has 0 bridgehead atoms. The predicted octanol–water partition coefficient (Wildman–Crippen LogP) is 3.33. The van der Waals surface area contributed by atoms with Crippen molar-refractivity contribution in [1.29, 1.82) is 0 Å². The highest BCUT2D eigenvalue weighted by atomic mass is 127. The first kappa shape index (κ1) is 22.8. The lowest BCUT2D eigenvalue weighted by atomic mass is 10.1. The largest absolute Gasteiger partial charge is 0.496 e. The van der Waals surface area contributed by atoms with Crippen LogP contribution in [0.2, 0.25) is 0 Å². The lowest BCUT2D eigenvalue weighted by Crippen LogP contribution is -2.36. The van der Waals surface area contributed by atoms with E-state index in [2.05, 4.69) is 15.6 Å². The molecule has 0 fully saturated rings. The molecule has 0 atom stereocenters. The van der Waals surface area contributed by atoms with Gasteiger partial charge >= 0.3 is 0 Å². The van der Waals surface area contributed by atoms with Crippen molar-refractivity contribution in [2.45, 2.75) is 13.1 Å². The van der Waals surface area contributed by atoms with Crippen LogP contribution in [0.15, 0.2) is 41.4 Å². The Morgan fingerprint density at radius 3 is 2.00 bits per heavy atom. The zero-order chi connectivity index (χ0) is 18.9. The van der Waals surface area contributed by atoms with Gasteiger partial charge in [0.05, 0.1) is 21.3 Å². The van der Waals surface area contributed by atoms with E-state index in [1.54, 1.807) is 52.6 Å². The van der Waals surface area contributed by atoms with Crippen molar-refractivity contribution < 1.29 is 18.6 Å². The number of hydrogen-bond acceptors (Lipinski definition) is 4. The average molecular weight is 489 g/mol. The van der Waals surface area contributed by atoms with E-state index >= 15 is 0 Å². The molecule has 0 spiro atoms. The summed E-state index contributed by atoms with van der Waals surface area (Å²) in [6, 6.07) is 10.2. The first-order valence-electron chi connectivity index (χ1n) is 8.09. The standard InChI is InChI=1S/C19H24FN3O3.HI/c1-21-19(22-11-13-7-5-6-8-15(13)20)23-12-14-9-17(25-3)18(26-4)10-16(14)24-2;/h5-10H,11-12H2,1-4H3,(H2,21,22,23);1H. The molecule has 0 aliphatic heterocycles. The van der Waals surface area contributed by atoms with Gasteiger partial charge in [-0.15, -0.1) is 24.0 Å². The molecule has 0 heterocycles. The molecule has 27 heavy (non-hydrogen) atoms. The second-order valence-electron chi connectivity index (χ2n) is 5.39. The Morgan fingerprint density at radius 2 is 1.44 bits per heavy atom. The van der Waals surface area contributed by atoms with Crippen LogP contribution in [0.1, 0.15) is 11.1 Å². The first-order chi connectivity index (χ1) is 12.6. The van der Waals surface area contributed by atoms with E-state index in [1.807, 2.05) is 6.07 Å². The summed E-state index contributed by atoms with van der Waals surface area (Å²) in [5, 5.41) is 6.27. The van der Waals surface area contributed by atoms with E-state index in [1.165, 1.54) is 6.07 Å². The van der Waals surface area contributed by atoms with Gasteiger partial charge in [0.1, 0.15) is 11.6 Å². The van der Waals surface area contributed by atoms with Gasteiger partial charge in [-0.1, -0.05) is 18.2 Å². The molecule has 6 nitrogen and oxygen atoms in total. The maximum Gasteiger partial charge on any atom is 0.191 e. The average Bonchev–Trinajstić information content (AvgIpc) is 2.68. The molecule has 0 radical (unpaired) electrons. The summed E-state index contributed by atoms with van der Waals surface area (Å²) in [4.78, 5) is 4.15. The number of benzene rings is 2. The topological polar surface area (TPSA) is 64.1 Å². The smallest absolute Gasteiger partial charge is 0.191 e. The van der Waals surface area contributed by atoms with Gasteiger partial charge in [0.2, 0.25) is 0 Å². The van der Waals surface area contributed by atoms with Gasteiger partial charge in [-0.25, -0.2) is 4.39 Å². The minimum atomic E-state index is -0.253. The van der Waals surface area contributed by atoms with Crippen LogP contribution in [0.4, 0.5) is 4.39 Å². The molecule has 2 N–H and O–H groups in total. The number of methoxy groups -OCH3 is 3. The minimum absolute atomic E-state index is 0. The normalized spacial score (nSPS) is 10.6. The van der Waals surface area contributed by atoms with E-state index in [0.717, 1.165) is 5.56 Å². The third kappa shape index (κ3) is 6.16. The second kappa shape index (κ2) is 11.5. The molecule has 0 saturated carbocycles. The van der Waals surface area contributed by atoms with E-state index < -0.39 is 0 Å². The number of hydrogen-bond donors (Lipinski definition) is 2. The molecule has 148 valence electrons. The molecule has 0 aliphatic carbocycles. The van der Waals surface area contributed by atoms with Crippen molar-refractivity contribution in [2.75, 3.05) is 28.4 Å². The summed E-state index contributed by atoms with van der Waals surface area (Å²) in [6.07, 6.45) is 0. The number of aliphatic imine (C=N–C) groups is 1. The van der Waals surface area contributed by atoms with E-state index in [0.29, 0.717) is 41.9 Å². The molecule has 8 heteroatoms. The van der Waals surface area contributed by atoms with Crippen molar-refractivity contribution in [1.82, 2.24) is 10.6 Å². The quantitative estimate of drug-likeness (QED) is 0.355. The molecule has 0 amide bonds. The Kier molecular flexibility index (Phi) is 9.70. The van der Waals surface area contributed by atoms with Crippen molar-refractivity contribution in [2.24, 2.45) is 4.99 Å². The number of guanidine groups is 1. The molecule has 2 aromatic carbocycles. The Labute approximate surface area is 176 Å². The summed E-state index contributed by atoms with van der Waals surface area (Å²) in [7, 11) is 6.40. The third-order valence-corrected chi connectivity index (χ3v) is 3.86. The molecular formula is C19H25FIN3O3. The van der Waals surface area contributed by atoms with Crippen LogP contribution < -0.4 is 24.8 Å². The SMILES string of the molecule is CN=C(NCc1ccccc1F)NCc1cc(OC)c(OC)cc1OC.I. The van der Waals surface area contributed by atoms with Gasteiger partial charge in [0, 0.05) is 37.3 Å². The van der Waals surface area contributed by atoms with Gasteiger partial charge in [-0.3, -0.25) is 4.99 Å². The maximum absolute atomic E-state index is 13.7. The highest BCUT2D eigenvalue weighted by molar-refractivity contribution is 14.0. The van der Waals surface area contributed by atoms with Gasteiger partial charge in [-0.05, 0) is 12.1 Å². The van der Waals surface area contributed by atoms with Crippen molar-refractivity contribution >= 4 is 29.9 Å². The van der Waals surface area contributed by atoms with Crippen LogP contribution in [-0.2, 0) is 13.1 Å². The second-order valence-corrected chi connectivity index (χ2v) is 5.39. The predicted molar refractivity (Wildman–Crippen MR) is 115 cm³/mol. The zero-order valence-corrected chi connectivity index (χ0v) is 18.2. The Balaban J connectivity index is 0.00000364. The van der Waals surface area contributed by atoms with Crippen LogP contribution in [0.5, 0.6) is 17.2 Å². The van der Waals surface area contributed by atoms with Crippen LogP contribution in [0.3, 0.4) is 0 Å². The Morgan fingerprint density at radius 1 is 0.889 bits per heavy atom. The van der Waals surface area contributed by atoms with Crippen LogP contribution in [-0.4, -0.2) is 34.3 Å². The molecule has 0 aromatic heterocycles. The lowest BCUT2D eigenvalue weighted by Gasteiger charge is -2.16. The highest BCUT2D eigenvalue weighted by Gasteiger charge is 2.12. The molecule has 2 rings (SSSR count). The monoisotopic (exact) mass is 489 g/mol. The van der Waals surface area contributed by atoms with E-state index in [-0.39, 0.29) is 29.8 Å². The number of halogens is 2. The number of nitrogens with one attached hydrogen (secondary N) is 2. The summed E-state index contributed by atoms with van der Waals surface area (Å²) in [5.74, 6) is 2.16. The maximum atomic E-state index is 13.7. The molecule has 0 unspecified atom stereocenters. The number of rotatable bonds is 7. The number of ether oxygens (including phenoxy) is 3. The summed E-state index contributed by atoms with van der Waals surface area (Å²) >= 11 is 0. The first-order valence-corrected chi connectivity index (χ1v) is 8.09. The summed E-state index contributed by atoms with van der Waals surface area (Å²) in [5.41, 5.74) is 1.44. The fourth-order valence-corrected chi connectivity index (χ4v) is 2.45. The van der Waals surface area contributed by atoms with E-state index in [4.69, 9.17) is 14.2 Å². The number of nitrogens with zero attached hydrogens (tertiary/aromatic N) is 1. The molecule has 0 saturated heterocycles. The third-order valence-electron chi connectivity index (χ3n) is 3.86. The van der Waals surface area contributed by atoms with E-state index in [9.17, 15) is 4.39 Å². The fourth-order valence-electron chi connectivity index (χ4n) is 2.45. The van der Waals surface area contributed by atoms with Gasteiger partial charge in [-0.2, -0.15) is 0 Å². The molecular weight excluding hydrogens is 464 g/mol. The summed E-state index contributed by atoms with van der Waals surface area (Å²) < 4.78 is 29.7. The van der Waals surface area contributed by atoms with Gasteiger partial charge in [0.25, 0.3) is 0 Å². The Hall–Kier alpha value is -2.23. The van der Waals surface area contributed by atoms with Crippen LogP contribution >= 0.6 is 24.0 Å². The lowest BCUT2D eigenvalue weighted by molar-refractivity contribution is 0.347. The molecule has 2 aromatic rings. The fraction of sp³-hybridized carbons (Fsp3) is 0.316. The van der Waals surface area contributed by atoms with Crippen LogP contribution in [0, 0.1) is 5.82 Å². The van der Waals surface area contributed by atoms with Gasteiger partial charge < -0.3 is 24.8 Å². The van der Waals surface area contributed by atoms with Crippen molar-refractivity contribution in [3.63, 3.8) is 0 Å². The van der Waals surface area contributed by atoms with Crippen LogP contribution in [0.25, 0.3) is 0 Å². The Bertz CT molecular complexity index is 772. The van der Waals surface area contributed by atoms with Gasteiger partial charge in [0.15, 0.2) is 17.5 Å². The zero-order valence-electron chi connectivity index (χ0n) is 15.8. The highest BCUT2D eigenvalue weighted by Crippen LogP contribution is 2.34. The minimum Gasteiger partial charge on any atom is -0.496 e. The molecule has 0 aliphatic rings. The van der Waals surface area contributed by atoms with Crippen molar-refractivity contribution in [3.8, 4) is 17.2 Å².